The lowest BCUT2D eigenvalue weighted by Crippen LogP contribution is -2.62. The summed E-state index contributed by atoms with van der Waals surface area (Å²) in [6.07, 6.45) is 26.9. The molecule has 0 bridgehead atoms. The molecule has 4 saturated heterocycles. The van der Waals surface area contributed by atoms with Gasteiger partial charge >= 0.3 is 0 Å². The monoisotopic (exact) mass is 1350 g/mol. The van der Waals surface area contributed by atoms with Crippen LogP contribution in [0.2, 0.25) is 0 Å². The molecule has 1 unspecified atom stereocenters. The number of nitrogens with zero attached hydrogens (tertiary/aromatic N) is 18. The summed E-state index contributed by atoms with van der Waals surface area (Å²) in [7, 11) is 9.39. The molecular formula is C67H93BrN22O4. The average Bonchev–Trinajstić information content (AvgIpc) is 0.946. The second-order valence-electron chi connectivity index (χ2n) is 29.2. The van der Waals surface area contributed by atoms with Crippen LogP contribution in [0.3, 0.4) is 0 Å². The van der Waals surface area contributed by atoms with Crippen molar-refractivity contribution in [3.63, 3.8) is 0 Å². The predicted molar refractivity (Wildman–Crippen MR) is 367 cm³/mol. The Morgan fingerprint density at radius 2 is 0.926 bits per heavy atom. The molecule has 27 heteroatoms. The van der Waals surface area contributed by atoms with E-state index in [1.807, 2.05) is 36.3 Å². The lowest BCUT2D eigenvalue weighted by molar-refractivity contribution is -0.0394. The summed E-state index contributed by atoms with van der Waals surface area (Å²) >= 11 is 3.39. The van der Waals surface area contributed by atoms with Crippen molar-refractivity contribution in [3.05, 3.63) is 84.6 Å². The smallest absolute Gasteiger partial charge is 0.204 e. The van der Waals surface area contributed by atoms with Crippen LogP contribution in [0, 0.1) is 0 Å². The third kappa shape index (κ3) is 16.9. The molecule has 5 N–H and O–H groups in total. The molecule has 502 valence electrons. The molecule has 4 aliphatic rings. The number of aromatic amines is 1. The van der Waals surface area contributed by atoms with Gasteiger partial charge in [0.05, 0.1) is 45.2 Å². The average molecular weight is 1350 g/mol. The number of hydrogen-bond acceptors (Lipinski definition) is 24. The van der Waals surface area contributed by atoms with Crippen LogP contribution in [0.4, 0.5) is 17.5 Å². The summed E-state index contributed by atoms with van der Waals surface area (Å²) in [5, 5.41) is 59.0. The number of nitrogens with one attached hydrogen (secondary N) is 4. The van der Waals surface area contributed by atoms with Gasteiger partial charge in [-0.3, -0.25) is 5.10 Å². The Morgan fingerprint density at radius 3 is 1.32 bits per heavy atom. The predicted octanol–water partition coefficient (Wildman–Crippen LogP) is 10.5. The quantitative estimate of drug-likeness (QED) is 0.0676. The topological polar surface area (TPSA) is 295 Å². The van der Waals surface area contributed by atoms with Gasteiger partial charge in [0.15, 0.2) is 34.5 Å². The van der Waals surface area contributed by atoms with Gasteiger partial charge in [-0.2, -0.15) is 10.2 Å². The second kappa shape index (κ2) is 27.8. The van der Waals surface area contributed by atoms with E-state index in [-0.39, 0.29) is 51.0 Å². The van der Waals surface area contributed by atoms with Crippen LogP contribution < -0.4 is 40.1 Å². The molecule has 8 aromatic heterocycles. The highest BCUT2D eigenvalue weighted by atomic mass is 79.9. The minimum absolute atomic E-state index is 0.00143. The number of halogens is 1. The minimum atomic E-state index is -0.00485. The van der Waals surface area contributed by atoms with Gasteiger partial charge in [-0.25, -0.2) is 34.6 Å². The fraction of sp³-hybridized carbons (Fsp3) is 0.552. The van der Waals surface area contributed by atoms with Crippen LogP contribution in [-0.4, -0.2) is 179 Å². The zero-order chi connectivity index (χ0) is 67.5. The van der Waals surface area contributed by atoms with Crippen molar-refractivity contribution in [2.75, 3.05) is 56.7 Å². The molecule has 94 heavy (non-hydrogen) atoms. The number of rotatable bonds is 14. The molecule has 0 aliphatic carbocycles. The molecule has 0 spiro atoms. The van der Waals surface area contributed by atoms with Gasteiger partial charge < -0.3 is 50.0 Å². The van der Waals surface area contributed by atoms with E-state index in [0.29, 0.717) is 64.2 Å². The lowest BCUT2D eigenvalue weighted by atomic mass is 9.79. The fourth-order valence-corrected chi connectivity index (χ4v) is 14.6. The van der Waals surface area contributed by atoms with Gasteiger partial charge in [0, 0.05) is 137 Å². The van der Waals surface area contributed by atoms with Crippen molar-refractivity contribution in [3.8, 4) is 74.1 Å². The second-order valence-corrected chi connectivity index (χ2v) is 30.1. The highest BCUT2D eigenvalue weighted by Gasteiger charge is 2.42. The van der Waals surface area contributed by atoms with Crippen molar-refractivity contribution in [2.45, 2.75) is 198 Å². The SMILES string of the molecule is CN(c1cnc(-c2ncc(-c3cn[nH]c3)cc2O)nn1)C1CC(C)(C)NC(C)(C)C1.COc1cc(-c2cnn(C3CCCCO3)c2)cnc1-c1ncc(N(C)C2CC(C)(C)NC(C)(C)C2)nn1.COc1cc(Br)cnc1-c1ncc(N(C)C2CC(C)(C)NC(C)(C)C2)nn1. The first-order valence-corrected chi connectivity index (χ1v) is 32.9. The van der Waals surface area contributed by atoms with Gasteiger partial charge in [0.1, 0.15) is 23.5 Å². The lowest BCUT2D eigenvalue weighted by Gasteiger charge is -2.49. The van der Waals surface area contributed by atoms with Crippen LogP contribution >= 0.6 is 15.9 Å². The summed E-state index contributed by atoms with van der Waals surface area (Å²) in [4.78, 5) is 33.4. The Kier molecular flexibility index (Phi) is 20.3. The molecule has 1 atom stereocenters. The first kappa shape index (κ1) is 68.9. The van der Waals surface area contributed by atoms with E-state index in [2.05, 4.69) is 220 Å². The van der Waals surface area contributed by atoms with Crippen LogP contribution in [0.25, 0.3) is 56.8 Å². The Hall–Kier alpha value is -7.98. The standard InChI is InChI=1S/C27H38N8O2.C21H28N8O.C19H27BrN6O/c1-26(2)12-20(13-27(3,4)33-26)34(5)22-16-29-25(32-31-22)24-21(36-6)11-18(14-28-24)19-15-30-35(17-19)23-9-7-8-10-37-23;1-20(2)7-15(8-21(3,4)28-20)29(5)17-12-23-19(27-26-17)18-16(30)6-13(9-22-18)14-10-24-25-11-14;1-18(2)8-13(9-19(3,4)25-18)26(5)15-11-22-17(24-23-15)16-14(27-6)7-12(20)10-21-16/h11,14-17,20,23,33H,7-10,12-13H2,1-6H3;6,9-12,15,28,30H,7-8H2,1-5H3,(H,24,25);7,10-11,13,25H,8-9H2,1-6H3. The van der Waals surface area contributed by atoms with Crippen molar-refractivity contribution in [1.29, 1.82) is 0 Å². The minimum Gasteiger partial charge on any atom is -0.506 e. The molecule has 12 rings (SSSR count). The normalized spacial score (nSPS) is 19.7. The van der Waals surface area contributed by atoms with Crippen molar-refractivity contribution >= 4 is 33.4 Å². The van der Waals surface area contributed by atoms with Crippen LogP contribution in [0.15, 0.2) is 84.6 Å². The number of aromatic nitrogens is 16. The zero-order valence-corrected chi connectivity index (χ0v) is 59.1. The number of hydrogen-bond donors (Lipinski definition) is 5. The zero-order valence-electron chi connectivity index (χ0n) is 57.5. The Bertz CT molecular complexity index is 3770. The highest BCUT2D eigenvalue weighted by molar-refractivity contribution is 9.10. The summed E-state index contributed by atoms with van der Waals surface area (Å²) in [6, 6.07) is 6.41. The number of piperidine rings is 3. The van der Waals surface area contributed by atoms with E-state index in [1.54, 1.807) is 69.9 Å². The molecule has 12 heterocycles. The fourth-order valence-electron chi connectivity index (χ4n) is 14.2. The molecule has 0 radical (unpaired) electrons. The van der Waals surface area contributed by atoms with E-state index in [4.69, 9.17) is 14.2 Å². The van der Waals surface area contributed by atoms with E-state index >= 15 is 0 Å². The largest absolute Gasteiger partial charge is 0.506 e. The van der Waals surface area contributed by atoms with Crippen molar-refractivity contribution in [1.82, 2.24) is 96.4 Å². The van der Waals surface area contributed by atoms with Crippen molar-refractivity contribution in [2.24, 2.45) is 0 Å². The van der Waals surface area contributed by atoms with Gasteiger partial charge in [-0.1, -0.05) is 0 Å². The molecule has 0 amide bonds. The van der Waals surface area contributed by atoms with Crippen LogP contribution in [0.5, 0.6) is 17.2 Å². The number of ether oxygens (including phenoxy) is 3. The van der Waals surface area contributed by atoms with E-state index in [1.165, 1.54) is 0 Å². The number of anilines is 3. The third-order valence-corrected chi connectivity index (χ3v) is 18.1. The molecule has 0 aromatic carbocycles. The summed E-state index contributed by atoms with van der Waals surface area (Å²) in [5.41, 5.74) is 5.17. The van der Waals surface area contributed by atoms with Crippen LogP contribution in [0.1, 0.15) is 147 Å². The number of methoxy groups -OCH3 is 2. The van der Waals surface area contributed by atoms with Gasteiger partial charge in [0.25, 0.3) is 0 Å². The van der Waals surface area contributed by atoms with E-state index in [0.717, 1.165) is 103 Å². The van der Waals surface area contributed by atoms with Gasteiger partial charge in [-0.15, -0.1) is 30.6 Å². The maximum Gasteiger partial charge on any atom is 0.204 e. The Balaban J connectivity index is 0.000000156. The molecule has 26 nitrogen and oxygen atoms in total. The Labute approximate surface area is 560 Å². The van der Waals surface area contributed by atoms with E-state index in [9.17, 15) is 5.11 Å². The highest BCUT2D eigenvalue weighted by Crippen LogP contribution is 2.38. The van der Waals surface area contributed by atoms with Crippen LogP contribution in [-0.2, 0) is 4.74 Å². The van der Waals surface area contributed by atoms with Gasteiger partial charge in [0.2, 0.25) is 17.5 Å². The molecular weight excluding hydrogens is 1260 g/mol. The number of pyridine rings is 3. The molecule has 0 saturated carbocycles. The number of aromatic hydroxyl groups is 1. The van der Waals surface area contributed by atoms with Crippen molar-refractivity contribution < 1.29 is 19.3 Å². The first-order valence-electron chi connectivity index (χ1n) is 32.1. The van der Waals surface area contributed by atoms with E-state index < -0.39 is 0 Å². The van der Waals surface area contributed by atoms with Gasteiger partial charge in [-0.05, 0) is 175 Å². The summed E-state index contributed by atoms with van der Waals surface area (Å²) in [6.45, 7) is 27.6. The number of H-pyrrole nitrogens is 1. The summed E-state index contributed by atoms with van der Waals surface area (Å²) in [5.74, 6) is 4.56. The maximum absolute atomic E-state index is 10.4. The third-order valence-electron chi connectivity index (χ3n) is 17.7. The Morgan fingerprint density at radius 1 is 0.500 bits per heavy atom. The maximum atomic E-state index is 10.4. The summed E-state index contributed by atoms with van der Waals surface area (Å²) < 4.78 is 19.6. The molecule has 4 aliphatic heterocycles. The molecule has 4 fully saturated rings. The molecule has 8 aromatic rings. The first-order chi connectivity index (χ1) is 44.4.